The summed E-state index contributed by atoms with van der Waals surface area (Å²) < 4.78 is 64.3. The minimum absolute atomic E-state index is 0. The number of nitrogens with one attached hydrogen (secondary N) is 1. The Hall–Kier alpha value is -1.62. The molecule has 1 aliphatic carbocycles. The number of anilines is 1. The van der Waals surface area contributed by atoms with Crippen molar-refractivity contribution in [3.8, 4) is 11.3 Å². The Morgan fingerprint density at radius 2 is 1.80 bits per heavy atom. The van der Waals surface area contributed by atoms with Gasteiger partial charge in [0.1, 0.15) is 17.2 Å². The first kappa shape index (κ1) is 33.3. The quantitative estimate of drug-likeness (QED) is 0.225. The zero-order valence-corrected chi connectivity index (χ0v) is 29.8. The maximum Gasteiger partial charge on any atom is 1.00 e. The molecule has 1 unspecified atom stereocenters. The summed E-state index contributed by atoms with van der Waals surface area (Å²) >= 11 is 4.05. The van der Waals surface area contributed by atoms with E-state index in [0.717, 1.165) is 24.0 Å². The number of rotatable bonds is 8. The van der Waals surface area contributed by atoms with Crippen LogP contribution in [0.2, 0.25) is 5.02 Å². The molecule has 4 heterocycles. The van der Waals surface area contributed by atoms with Crippen molar-refractivity contribution in [2.24, 2.45) is 5.41 Å². The van der Waals surface area contributed by atoms with Gasteiger partial charge in [0.2, 0.25) is 0 Å². The molecule has 232 valence electrons. The number of halogens is 2. The van der Waals surface area contributed by atoms with Crippen LogP contribution in [-0.4, -0.2) is 48.3 Å². The van der Waals surface area contributed by atoms with E-state index in [1.165, 1.54) is 23.5 Å². The van der Waals surface area contributed by atoms with Crippen LogP contribution in [0.4, 0.5) is 10.1 Å². The van der Waals surface area contributed by atoms with Gasteiger partial charge in [0.05, 0.1) is 12.1 Å². The molecule has 0 radical (unpaired) electrons. The Labute approximate surface area is 311 Å². The summed E-state index contributed by atoms with van der Waals surface area (Å²) in [5.41, 5.74) is 3.67. The first-order valence-corrected chi connectivity index (χ1v) is 15.8. The number of carbonyl (C=O) groups is 1. The van der Waals surface area contributed by atoms with Crippen LogP contribution in [0.1, 0.15) is 48.6 Å². The summed E-state index contributed by atoms with van der Waals surface area (Å²) in [6.07, 6.45) is 1.89. The smallest absolute Gasteiger partial charge is 1.00 e. The molecule has 4 aliphatic rings. The SMILES string of the molecule is CNC(=O)c1c(-c2ccc(F)cc2)oc2cc(CN(c3ccc([B-]45OCC(C)(CO4)CO5)c(Cl)c3)S(=O)[O-])c(C3CC3)cc12.[H-].[K+]. The monoisotopic (exact) mass is 678 g/mol. The molecule has 3 saturated heterocycles. The molecule has 1 atom stereocenters. The van der Waals surface area contributed by atoms with Crippen molar-refractivity contribution in [2.75, 3.05) is 31.2 Å². The van der Waals surface area contributed by atoms with E-state index in [1.54, 1.807) is 36.4 Å². The summed E-state index contributed by atoms with van der Waals surface area (Å²) in [5.74, 6) is -0.213. The predicted octanol–water partition coefficient (Wildman–Crippen LogP) is 2.28. The Balaban J connectivity index is 0.00000208. The van der Waals surface area contributed by atoms with Gasteiger partial charge in [-0.15, -0.1) is 5.46 Å². The van der Waals surface area contributed by atoms with Crippen molar-refractivity contribution in [3.05, 3.63) is 82.1 Å². The van der Waals surface area contributed by atoms with E-state index in [-0.39, 0.29) is 81.6 Å². The molecule has 1 aromatic heterocycles. The molecule has 2 bridgehead atoms. The van der Waals surface area contributed by atoms with Gasteiger partial charge in [-0.3, -0.25) is 13.3 Å². The Morgan fingerprint density at radius 1 is 1.13 bits per heavy atom. The molecule has 4 fully saturated rings. The number of benzene rings is 3. The zero-order valence-electron chi connectivity index (χ0n) is 26.1. The van der Waals surface area contributed by atoms with Crippen LogP contribution < -0.4 is 66.5 Å². The fraction of sp³-hybridized carbons (Fsp3) is 0.323. The minimum Gasteiger partial charge on any atom is -1.00 e. The molecule has 0 spiro atoms. The Morgan fingerprint density at radius 3 is 2.38 bits per heavy atom. The molecule has 14 heteroatoms. The second-order valence-electron chi connectivity index (χ2n) is 12.1. The van der Waals surface area contributed by atoms with E-state index in [4.69, 9.17) is 30.0 Å². The third-order valence-corrected chi connectivity index (χ3v) is 9.66. The number of nitrogens with zero attached hydrogens (tertiary/aromatic N) is 1. The summed E-state index contributed by atoms with van der Waals surface area (Å²) in [6, 6.07) is 14.3. The van der Waals surface area contributed by atoms with Crippen molar-refractivity contribution in [2.45, 2.75) is 32.2 Å². The van der Waals surface area contributed by atoms with Crippen molar-refractivity contribution in [1.82, 2.24) is 5.32 Å². The van der Waals surface area contributed by atoms with Gasteiger partial charge in [0.15, 0.2) is 0 Å². The molecular formula is C31H30BClFKN2O7S-2. The third kappa shape index (κ3) is 6.22. The van der Waals surface area contributed by atoms with Gasteiger partial charge in [0.25, 0.3) is 5.91 Å². The van der Waals surface area contributed by atoms with E-state index >= 15 is 0 Å². The molecule has 1 amide bonds. The fourth-order valence-electron chi connectivity index (χ4n) is 6.08. The molecular weight excluding hydrogens is 649 g/mol. The molecule has 3 aliphatic heterocycles. The fourth-order valence-corrected chi connectivity index (χ4v) is 6.92. The average Bonchev–Trinajstić information content (AvgIpc) is 3.80. The summed E-state index contributed by atoms with van der Waals surface area (Å²) in [4.78, 5) is 13.0. The van der Waals surface area contributed by atoms with Crippen LogP contribution in [0.5, 0.6) is 0 Å². The first-order chi connectivity index (χ1) is 21.1. The van der Waals surface area contributed by atoms with Gasteiger partial charge in [-0.25, -0.2) is 4.39 Å². The van der Waals surface area contributed by atoms with Crippen molar-refractivity contribution < 1.29 is 89.1 Å². The number of hydrogen-bond acceptors (Lipinski definition) is 7. The van der Waals surface area contributed by atoms with Crippen LogP contribution in [0.3, 0.4) is 0 Å². The van der Waals surface area contributed by atoms with Crippen molar-refractivity contribution in [1.29, 1.82) is 0 Å². The van der Waals surface area contributed by atoms with Crippen LogP contribution in [0.25, 0.3) is 22.3 Å². The molecule has 9 nitrogen and oxygen atoms in total. The number of amides is 1. The predicted molar refractivity (Wildman–Crippen MR) is 166 cm³/mol. The van der Waals surface area contributed by atoms with E-state index in [0.29, 0.717) is 58.8 Å². The van der Waals surface area contributed by atoms with Crippen LogP contribution >= 0.6 is 11.6 Å². The number of fused-ring (bicyclic) bond motifs is 4. The number of furan rings is 1. The van der Waals surface area contributed by atoms with E-state index in [1.807, 2.05) is 13.0 Å². The summed E-state index contributed by atoms with van der Waals surface area (Å²) in [5, 5.41) is 3.55. The topological polar surface area (TPSA) is 113 Å². The van der Waals surface area contributed by atoms with Gasteiger partial charge in [-0.2, -0.15) is 0 Å². The van der Waals surface area contributed by atoms with Gasteiger partial charge in [-0.1, -0.05) is 24.6 Å². The molecule has 45 heavy (non-hydrogen) atoms. The minimum atomic E-state index is -2.65. The van der Waals surface area contributed by atoms with Crippen molar-refractivity contribution in [3.63, 3.8) is 0 Å². The largest absolute Gasteiger partial charge is 1.00 e. The molecule has 1 saturated carbocycles. The summed E-state index contributed by atoms with van der Waals surface area (Å²) in [6.45, 7) is 1.25. The normalized spacial score (nSPS) is 23.0. The van der Waals surface area contributed by atoms with Gasteiger partial charge < -0.3 is 29.7 Å². The van der Waals surface area contributed by atoms with Crippen LogP contribution in [0, 0.1) is 11.2 Å². The van der Waals surface area contributed by atoms with Crippen LogP contribution in [0.15, 0.2) is 59.0 Å². The average molecular weight is 679 g/mol. The number of carbonyl (C=O) groups excluding carboxylic acids is 1. The first-order valence-electron chi connectivity index (χ1n) is 14.4. The Kier molecular flexibility index (Phi) is 9.45. The third-order valence-electron chi connectivity index (χ3n) is 8.63. The van der Waals surface area contributed by atoms with Gasteiger partial charge in [0, 0.05) is 65.2 Å². The maximum absolute atomic E-state index is 13.7. The zero-order chi connectivity index (χ0) is 30.8. The van der Waals surface area contributed by atoms with Gasteiger partial charge >= 0.3 is 58.1 Å². The Bertz CT molecular complexity index is 1800. The molecule has 8 rings (SSSR count). The molecule has 1 N–H and O–H groups in total. The van der Waals surface area contributed by atoms with E-state index in [9.17, 15) is 17.9 Å². The molecule has 4 aromatic rings. The standard InChI is InChI=1S/C31H30BClFN2O7S.K.H/c1-31-15-40-32(41-16-31,42-17-31)25-10-9-22(12-26(25)33)36(44(38)39)14-20-11-27-24(13-23(20)18-3-4-18)28(30(37)35-2)29(43-27)19-5-7-21(34)8-6-19;;/h5-13,18H,3-4,14-17H2,1-2H3,(H,35,37)(H,38,39);;/q-1;+1;-1/p-1. The van der Waals surface area contributed by atoms with Crippen LogP contribution in [-0.2, 0) is 31.8 Å². The van der Waals surface area contributed by atoms with E-state index in [2.05, 4.69) is 5.32 Å². The summed E-state index contributed by atoms with van der Waals surface area (Å²) in [7, 11) is 1.54. The second kappa shape index (κ2) is 12.8. The number of hydrogen-bond donors (Lipinski definition) is 1. The van der Waals surface area contributed by atoms with Crippen molar-refractivity contribution >= 4 is 57.6 Å². The van der Waals surface area contributed by atoms with E-state index < -0.39 is 23.8 Å². The molecule has 3 aromatic carbocycles. The second-order valence-corrected chi connectivity index (χ2v) is 13.3. The maximum atomic E-state index is 13.7. The van der Waals surface area contributed by atoms with Gasteiger partial charge in [-0.05, 0) is 78.4 Å².